The highest BCUT2D eigenvalue weighted by Gasteiger charge is 2.09. The molecular formula is C7H7F2NO. The SMILES string of the molecule is COc1ccc(F)c(F)c1N. The van der Waals surface area contributed by atoms with Gasteiger partial charge in [0, 0.05) is 0 Å². The van der Waals surface area contributed by atoms with E-state index in [-0.39, 0.29) is 11.4 Å². The lowest BCUT2D eigenvalue weighted by molar-refractivity contribution is 0.410. The molecule has 0 aliphatic carbocycles. The summed E-state index contributed by atoms with van der Waals surface area (Å²) in [4.78, 5) is 0. The van der Waals surface area contributed by atoms with Crippen molar-refractivity contribution in [3.63, 3.8) is 0 Å². The van der Waals surface area contributed by atoms with Gasteiger partial charge in [-0.3, -0.25) is 0 Å². The van der Waals surface area contributed by atoms with Crippen LogP contribution in [-0.2, 0) is 0 Å². The van der Waals surface area contributed by atoms with Gasteiger partial charge in [-0.15, -0.1) is 0 Å². The fraction of sp³-hybridized carbons (Fsp3) is 0.143. The van der Waals surface area contributed by atoms with Crippen LogP contribution in [0.25, 0.3) is 0 Å². The van der Waals surface area contributed by atoms with E-state index < -0.39 is 11.6 Å². The Morgan fingerprint density at radius 2 is 2.00 bits per heavy atom. The van der Waals surface area contributed by atoms with E-state index in [1.165, 1.54) is 13.2 Å². The Hall–Kier alpha value is -1.32. The molecule has 0 radical (unpaired) electrons. The summed E-state index contributed by atoms with van der Waals surface area (Å²) < 4.78 is 29.6. The van der Waals surface area contributed by atoms with Crippen LogP contribution in [0.15, 0.2) is 12.1 Å². The van der Waals surface area contributed by atoms with Crippen molar-refractivity contribution in [2.24, 2.45) is 0 Å². The summed E-state index contributed by atoms with van der Waals surface area (Å²) in [6, 6.07) is 2.23. The van der Waals surface area contributed by atoms with E-state index in [9.17, 15) is 8.78 Å². The molecule has 0 fully saturated rings. The second kappa shape index (κ2) is 2.74. The maximum atomic E-state index is 12.6. The lowest BCUT2D eigenvalue weighted by Gasteiger charge is -2.04. The molecule has 2 N–H and O–H groups in total. The normalized spacial score (nSPS) is 9.73. The zero-order valence-corrected chi connectivity index (χ0v) is 5.90. The number of benzene rings is 1. The van der Waals surface area contributed by atoms with E-state index in [1.54, 1.807) is 0 Å². The molecule has 0 saturated carbocycles. The minimum atomic E-state index is -1.07. The lowest BCUT2D eigenvalue weighted by atomic mass is 10.3. The number of hydrogen-bond donors (Lipinski definition) is 1. The molecule has 0 aliphatic rings. The molecule has 1 aromatic carbocycles. The Morgan fingerprint density at radius 3 is 2.55 bits per heavy atom. The monoisotopic (exact) mass is 159 g/mol. The molecule has 1 rings (SSSR count). The van der Waals surface area contributed by atoms with Gasteiger partial charge in [0.1, 0.15) is 11.4 Å². The van der Waals surface area contributed by atoms with Crippen LogP contribution in [0, 0.1) is 11.6 Å². The first-order chi connectivity index (χ1) is 5.16. The van der Waals surface area contributed by atoms with Gasteiger partial charge in [0.15, 0.2) is 11.6 Å². The zero-order chi connectivity index (χ0) is 8.43. The quantitative estimate of drug-likeness (QED) is 0.631. The van der Waals surface area contributed by atoms with E-state index in [0.717, 1.165) is 6.07 Å². The second-order valence-corrected chi connectivity index (χ2v) is 1.98. The standard InChI is InChI=1S/C7H7F2NO/c1-11-5-3-2-4(8)6(9)7(5)10/h2-3H,10H2,1H3. The van der Waals surface area contributed by atoms with Crippen LogP contribution < -0.4 is 10.5 Å². The van der Waals surface area contributed by atoms with Gasteiger partial charge in [-0.25, -0.2) is 8.78 Å². The number of nitrogen functional groups attached to an aromatic ring is 1. The smallest absolute Gasteiger partial charge is 0.185 e. The summed E-state index contributed by atoms with van der Waals surface area (Å²) in [7, 11) is 1.34. The highest BCUT2D eigenvalue weighted by Crippen LogP contribution is 2.25. The first-order valence-electron chi connectivity index (χ1n) is 2.94. The van der Waals surface area contributed by atoms with Gasteiger partial charge in [0.25, 0.3) is 0 Å². The molecule has 0 unspecified atom stereocenters. The van der Waals surface area contributed by atoms with Crippen LogP contribution in [0.3, 0.4) is 0 Å². The first-order valence-corrected chi connectivity index (χ1v) is 2.94. The number of halogens is 2. The van der Waals surface area contributed by atoms with Crippen molar-refractivity contribution in [2.75, 3.05) is 12.8 Å². The van der Waals surface area contributed by atoms with Crippen molar-refractivity contribution >= 4 is 5.69 Å². The predicted molar refractivity (Wildman–Crippen MR) is 37.3 cm³/mol. The number of methoxy groups -OCH3 is 1. The summed E-state index contributed by atoms with van der Waals surface area (Å²) in [5, 5.41) is 0. The summed E-state index contributed by atoms with van der Waals surface area (Å²) in [5.74, 6) is -1.89. The van der Waals surface area contributed by atoms with Crippen molar-refractivity contribution in [3.05, 3.63) is 23.8 Å². The molecule has 0 saturated heterocycles. The molecule has 0 amide bonds. The van der Waals surface area contributed by atoms with Crippen molar-refractivity contribution < 1.29 is 13.5 Å². The Bertz CT molecular complexity index is 275. The van der Waals surface area contributed by atoms with Crippen LogP contribution in [0.5, 0.6) is 5.75 Å². The Labute approximate surface area is 62.6 Å². The van der Waals surface area contributed by atoms with E-state index in [0.29, 0.717) is 0 Å². The maximum absolute atomic E-state index is 12.6. The van der Waals surface area contributed by atoms with Crippen molar-refractivity contribution in [1.29, 1.82) is 0 Å². The minimum Gasteiger partial charge on any atom is -0.494 e. The van der Waals surface area contributed by atoms with Crippen LogP contribution in [-0.4, -0.2) is 7.11 Å². The molecule has 0 aliphatic heterocycles. The van der Waals surface area contributed by atoms with Gasteiger partial charge in [-0.05, 0) is 12.1 Å². The molecule has 2 nitrogen and oxygen atoms in total. The van der Waals surface area contributed by atoms with E-state index in [4.69, 9.17) is 5.73 Å². The van der Waals surface area contributed by atoms with Gasteiger partial charge < -0.3 is 10.5 Å². The largest absolute Gasteiger partial charge is 0.494 e. The number of hydrogen-bond acceptors (Lipinski definition) is 2. The number of nitrogens with two attached hydrogens (primary N) is 1. The van der Waals surface area contributed by atoms with Crippen molar-refractivity contribution in [2.45, 2.75) is 0 Å². The van der Waals surface area contributed by atoms with Crippen molar-refractivity contribution in [3.8, 4) is 5.75 Å². The Kier molecular flexibility index (Phi) is 1.94. The molecule has 0 atom stereocenters. The predicted octanol–water partition coefficient (Wildman–Crippen LogP) is 1.56. The average molecular weight is 159 g/mol. The van der Waals surface area contributed by atoms with Crippen molar-refractivity contribution in [1.82, 2.24) is 0 Å². The summed E-state index contributed by atoms with van der Waals surface area (Å²) in [5.41, 5.74) is 4.86. The van der Waals surface area contributed by atoms with Crippen LogP contribution >= 0.6 is 0 Å². The van der Waals surface area contributed by atoms with Gasteiger partial charge in [-0.1, -0.05) is 0 Å². The molecule has 4 heteroatoms. The topological polar surface area (TPSA) is 35.2 Å². The minimum absolute atomic E-state index is 0.143. The molecule has 0 bridgehead atoms. The fourth-order valence-electron chi connectivity index (χ4n) is 0.727. The third kappa shape index (κ3) is 1.24. The highest BCUT2D eigenvalue weighted by molar-refractivity contribution is 5.53. The van der Waals surface area contributed by atoms with Gasteiger partial charge in [-0.2, -0.15) is 0 Å². The Morgan fingerprint density at radius 1 is 1.36 bits per heavy atom. The fourth-order valence-corrected chi connectivity index (χ4v) is 0.727. The molecular weight excluding hydrogens is 152 g/mol. The molecule has 0 aromatic heterocycles. The van der Waals surface area contributed by atoms with Gasteiger partial charge >= 0.3 is 0 Å². The molecule has 60 valence electrons. The zero-order valence-electron chi connectivity index (χ0n) is 5.90. The average Bonchev–Trinajstić information content (AvgIpc) is 2.01. The van der Waals surface area contributed by atoms with E-state index >= 15 is 0 Å². The van der Waals surface area contributed by atoms with E-state index in [2.05, 4.69) is 4.74 Å². The third-order valence-electron chi connectivity index (χ3n) is 1.31. The molecule has 11 heavy (non-hydrogen) atoms. The van der Waals surface area contributed by atoms with Crippen LogP contribution in [0.2, 0.25) is 0 Å². The highest BCUT2D eigenvalue weighted by atomic mass is 19.2. The summed E-state index contributed by atoms with van der Waals surface area (Å²) in [6.07, 6.45) is 0. The molecule has 0 spiro atoms. The maximum Gasteiger partial charge on any atom is 0.185 e. The Balaban J connectivity index is 3.25. The number of rotatable bonds is 1. The number of anilines is 1. The molecule has 1 aromatic rings. The lowest BCUT2D eigenvalue weighted by Crippen LogP contribution is -1.97. The summed E-state index contributed by atoms with van der Waals surface area (Å²) in [6.45, 7) is 0. The van der Waals surface area contributed by atoms with Crippen LogP contribution in [0.4, 0.5) is 14.5 Å². The summed E-state index contributed by atoms with van der Waals surface area (Å²) >= 11 is 0. The second-order valence-electron chi connectivity index (χ2n) is 1.98. The van der Waals surface area contributed by atoms with E-state index in [1.807, 2.05) is 0 Å². The first kappa shape index (κ1) is 7.78. The number of ether oxygens (including phenoxy) is 1. The molecule has 0 heterocycles. The van der Waals surface area contributed by atoms with Gasteiger partial charge in [0.2, 0.25) is 0 Å². The third-order valence-corrected chi connectivity index (χ3v) is 1.31. The van der Waals surface area contributed by atoms with Crippen LogP contribution in [0.1, 0.15) is 0 Å². The van der Waals surface area contributed by atoms with Gasteiger partial charge in [0.05, 0.1) is 7.11 Å².